The topological polar surface area (TPSA) is 85.4 Å². The maximum absolute atomic E-state index is 12.8. The largest absolute Gasteiger partial charge is 0.493 e. The van der Waals surface area contributed by atoms with Crippen LogP contribution < -0.4 is 9.47 Å². The van der Waals surface area contributed by atoms with E-state index >= 15 is 0 Å². The summed E-state index contributed by atoms with van der Waals surface area (Å²) >= 11 is 0. The summed E-state index contributed by atoms with van der Waals surface area (Å²) in [6.07, 6.45) is 0. The summed E-state index contributed by atoms with van der Waals surface area (Å²) in [5, 5.41) is 0. The van der Waals surface area contributed by atoms with E-state index in [1.54, 1.807) is 28.0 Å². The Hall–Kier alpha value is -2.77. The zero-order valence-electron chi connectivity index (χ0n) is 17.1. The molecule has 154 valence electrons. The van der Waals surface area contributed by atoms with Crippen molar-refractivity contribution in [1.82, 2.24) is 9.80 Å². The summed E-state index contributed by atoms with van der Waals surface area (Å²) in [5.74, 6) is 0.153. The number of nitrogens with zero attached hydrogens (tertiary/aromatic N) is 2. The Morgan fingerprint density at radius 1 is 0.964 bits per heavy atom. The van der Waals surface area contributed by atoms with Gasteiger partial charge in [-0.2, -0.15) is 0 Å². The van der Waals surface area contributed by atoms with E-state index < -0.39 is 11.4 Å². The Kier molecular flexibility index (Phi) is 6.88. The highest BCUT2D eigenvalue weighted by atomic mass is 16.6. The van der Waals surface area contributed by atoms with Gasteiger partial charge in [0.15, 0.2) is 18.1 Å². The van der Waals surface area contributed by atoms with Gasteiger partial charge in [0.2, 0.25) is 5.91 Å². The summed E-state index contributed by atoms with van der Waals surface area (Å²) in [5.41, 5.74) is 0.0254. The Balaban J connectivity index is 2.03. The zero-order valence-corrected chi connectivity index (χ0v) is 17.1. The summed E-state index contributed by atoms with van der Waals surface area (Å²) in [4.78, 5) is 39.9. The minimum absolute atomic E-state index is 0.0911. The summed E-state index contributed by atoms with van der Waals surface area (Å²) in [6, 6.07) is 4.81. The molecule has 1 heterocycles. The average Bonchev–Trinajstić information content (AvgIpc) is 2.70. The lowest BCUT2D eigenvalue weighted by Gasteiger charge is -2.37. The molecule has 1 aromatic rings. The Morgan fingerprint density at radius 3 is 2.11 bits per heavy atom. The van der Waals surface area contributed by atoms with Crippen molar-refractivity contribution in [2.45, 2.75) is 20.8 Å². The molecule has 1 aliphatic rings. The summed E-state index contributed by atoms with van der Waals surface area (Å²) in [7, 11) is 2.74. The molecule has 0 radical (unpaired) electrons. The number of esters is 1. The van der Waals surface area contributed by atoms with Crippen molar-refractivity contribution in [3.8, 4) is 11.5 Å². The van der Waals surface area contributed by atoms with Gasteiger partial charge in [0.1, 0.15) is 0 Å². The van der Waals surface area contributed by atoms with Gasteiger partial charge in [-0.05, 0) is 18.2 Å². The lowest BCUT2D eigenvalue weighted by molar-refractivity contribution is -0.143. The fourth-order valence-corrected chi connectivity index (χ4v) is 2.89. The first kappa shape index (κ1) is 21.5. The van der Waals surface area contributed by atoms with Crippen LogP contribution >= 0.6 is 0 Å². The molecule has 2 rings (SSSR count). The molecule has 0 bridgehead atoms. The molecule has 0 aromatic heterocycles. The van der Waals surface area contributed by atoms with Gasteiger partial charge in [0.05, 0.1) is 14.2 Å². The third-order valence-electron chi connectivity index (χ3n) is 4.48. The lowest BCUT2D eigenvalue weighted by atomic mass is 9.94. The molecule has 1 aromatic carbocycles. The highest BCUT2D eigenvalue weighted by Crippen LogP contribution is 2.29. The Morgan fingerprint density at radius 2 is 1.57 bits per heavy atom. The molecule has 2 amide bonds. The molecule has 0 N–H and O–H groups in total. The van der Waals surface area contributed by atoms with Crippen LogP contribution in [0, 0.1) is 5.41 Å². The number of benzene rings is 1. The second-order valence-corrected chi connectivity index (χ2v) is 7.56. The highest BCUT2D eigenvalue weighted by molar-refractivity contribution is 5.95. The van der Waals surface area contributed by atoms with Gasteiger partial charge < -0.3 is 24.0 Å². The summed E-state index contributed by atoms with van der Waals surface area (Å²) in [6.45, 7) is 7.41. The number of methoxy groups -OCH3 is 2. The van der Waals surface area contributed by atoms with Crippen LogP contribution in [0.2, 0.25) is 0 Å². The first-order chi connectivity index (χ1) is 13.2. The van der Waals surface area contributed by atoms with Crippen LogP contribution in [-0.4, -0.2) is 74.6 Å². The molecule has 0 unspecified atom stereocenters. The SMILES string of the molecule is COC(=O)COc1ccc(C(=O)N2CCN(C(=O)C(C)(C)C)CC2)cc1OC. The van der Waals surface area contributed by atoms with Crippen molar-refractivity contribution in [3.63, 3.8) is 0 Å². The monoisotopic (exact) mass is 392 g/mol. The number of piperazine rings is 1. The first-order valence-corrected chi connectivity index (χ1v) is 9.13. The van der Waals surface area contributed by atoms with Crippen LogP contribution in [0.5, 0.6) is 11.5 Å². The molecule has 0 saturated carbocycles. The highest BCUT2D eigenvalue weighted by Gasteiger charge is 2.31. The normalized spacial score (nSPS) is 14.5. The minimum Gasteiger partial charge on any atom is -0.493 e. The fourth-order valence-electron chi connectivity index (χ4n) is 2.89. The molecule has 0 aliphatic carbocycles. The van der Waals surface area contributed by atoms with Gasteiger partial charge in [0, 0.05) is 37.2 Å². The fraction of sp³-hybridized carbons (Fsp3) is 0.550. The van der Waals surface area contributed by atoms with Crippen LogP contribution in [0.15, 0.2) is 18.2 Å². The Labute approximate surface area is 165 Å². The quantitative estimate of drug-likeness (QED) is 0.708. The number of rotatable bonds is 5. The smallest absolute Gasteiger partial charge is 0.343 e. The van der Waals surface area contributed by atoms with E-state index in [0.717, 1.165) is 0 Å². The maximum Gasteiger partial charge on any atom is 0.343 e. The van der Waals surface area contributed by atoms with Crippen molar-refractivity contribution < 1.29 is 28.6 Å². The number of hydrogen-bond donors (Lipinski definition) is 0. The minimum atomic E-state index is -0.509. The predicted molar refractivity (Wildman–Crippen MR) is 102 cm³/mol. The van der Waals surface area contributed by atoms with Crippen molar-refractivity contribution in [1.29, 1.82) is 0 Å². The molecule has 8 nitrogen and oxygen atoms in total. The molecular formula is C20H28N2O6. The second-order valence-electron chi connectivity index (χ2n) is 7.56. The zero-order chi connectivity index (χ0) is 20.9. The maximum atomic E-state index is 12.8. The van der Waals surface area contributed by atoms with E-state index in [0.29, 0.717) is 43.2 Å². The van der Waals surface area contributed by atoms with Gasteiger partial charge in [0.25, 0.3) is 5.91 Å². The van der Waals surface area contributed by atoms with Gasteiger partial charge in [-0.25, -0.2) is 4.79 Å². The molecular weight excluding hydrogens is 364 g/mol. The van der Waals surface area contributed by atoms with Crippen molar-refractivity contribution >= 4 is 17.8 Å². The first-order valence-electron chi connectivity index (χ1n) is 9.13. The molecule has 0 spiro atoms. The van der Waals surface area contributed by atoms with Crippen LogP contribution in [0.25, 0.3) is 0 Å². The predicted octanol–water partition coefficient (Wildman–Crippen LogP) is 1.58. The van der Waals surface area contributed by atoms with E-state index in [2.05, 4.69) is 4.74 Å². The molecule has 8 heteroatoms. The van der Waals surface area contributed by atoms with Crippen LogP contribution in [-0.2, 0) is 14.3 Å². The van der Waals surface area contributed by atoms with Crippen LogP contribution in [0.3, 0.4) is 0 Å². The van der Waals surface area contributed by atoms with Gasteiger partial charge in [-0.15, -0.1) is 0 Å². The number of carbonyl (C=O) groups excluding carboxylic acids is 3. The second kappa shape index (κ2) is 8.95. The van der Waals surface area contributed by atoms with Crippen molar-refractivity contribution in [2.24, 2.45) is 5.41 Å². The third-order valence-corrected chi connectivity index (χ3v) is 4.48. The van der Waals surface area contributed by atoms with Gasteiger partial charge in [-0.3, -0.25) is 9.59 Å². The standard InChI is InChI=1S/C20H28N2O6/c1-20(2,3)19(25)22-10-8-21(9-11-22)18(24)14-6-7-15(16(12-14)26-4)28-13-17(23)27-5/h6-7,12H,8-11,13H2,1-5H3. The van der Waals surface area contributed by atoms with Crippen molar-refractivity contribution in [3.05, 3.63) is 23.8 Å². The Bertz CT molecular complexity index is 733. The molecule has 1 saturated heterocycles. The van der Waals surface area contributed by atoms with Gasteiger partial charge in [-0.1, -0.05) is 20.8 Å². The number of ether oxygens (including phenoxy) is 3. The molecule has 1 fully saturated rings. The average molecular weight is 392 g/mol. The lowest BCUT2D eigenvalue weighted by Crippen LogP contribution is -2.53. The number of hydrogen-bond acceptors (Lipinski definition) is 6. The number of carbonyl (C=O) groups is 3. The van der Waals surface area contributed by atoms with E-state index in [1.807, 2.05) is 20.8 Å². The number of amides is 2. The molecule has 28 heavy (non-hydrogen) atoms. The van der Waals surface area contributed by atoms with Gasteiger partial charge >= 0.3 is 5.97 Å². The van der Waals surface area contributed by atoms with E-state index in [4.69, 9.17) is 9.47 Å². The van der Waals surface area contributed by atoms with Crippen molar-refractivity contribution in [2.75, 3.05) is 47.0 Å². The molecule has 1 aliphatic heterocycles. The van der Waals surface area contributed by atoms with E-state index in [1.165, 1.54) is 14.2 Å². The van der Waals surface area contributed by atoms with E-state index in [9.17, 15) is 14.4 Å². The van der Waals surface area contributed by atoms with E-state index in [-0.39, 0.29) is 18.4 Å². The summed E-state index contributed by atoms with van der Waals surface area (Å²) < 4.78 is 15.2. The van der Waals surface area contributed by atoms with Crippen LogP contribution in [0.4, 0.5) is 0 Å². The third kappa shape index (κ3) is 5.15. The van der Waals surface area contributed by atoms with Crippen LogP contribution in [0.1, 0.15) is 31.1 Å². The molecule has 0 atom stereocenters.